The number of hydrogen-bond acceptors (Lipinski definition) is 8. The Morgan fingerprint density at radius 2 is 1.83 bits per heavy atom. The van der Waals surface area contributed by atoms with E-state index in [2.05, 4.69) is 20.9 Å². The van der Waals surface area contributed by atoms with Gasteiger partial charge in [0.2, 0.25) is 0 Å². The second-order valence-electron chi connectivity index (χ2n) is 10.7. The number of rotatable bonds is 10. The van der Waals surface area contributed by atoms with E-state index in [-0.39, 0.29) is 30.5 Å². The maximum absolute atomic E-state index is 14.1. The van der Waals surface area contributed by atoms with Gasteiger partial charge in [-0.1, -0.05) is 58.3 Å². The Morgan fingerprint density at radius 3 is 2.49 bits per heavy atom. The number of carbonyl (C=O) groups excluding carboxylic acids is 1. The molecule has 5 rings (SSSR count). The average molecular weight is 781 g/mol. The Labute approximate surface area is 298 Å². The molecule has 0 saturated heterocycles. The second-order valence-corrected chi connectivity index (χ2v) is 13.8. The van der Waals surface area contributed by atoms with Crippen LogP contribution < -0.4 is 29.1 Å². The lowest BCUT2D eigenvalue weighted by Gasteiger charge is -2.25. The maximum Gasteiger partial charge on any atom is 0.338 e. The molecule has 0 radical (unpaired) electrons. The number of nitrogens with zero attached hydrogens (tertiary/aromatic N) is 2. The highest BCUT2D eigenvalue weighted by atomic mass is 79.9. The fourth-order valence-electron chi connectivity index (χ4n) is 5.05. The summed E-state index contributed by atoms with van der Waals surface area (Å²) in [5.41, 5.74) is 2.50. The molecule has 0 fully saturated rings. The normalized spacial score (nSPS) is 14.6. The number of allylic oxidation sites excluding steroid dienone is 1. The zero-order valence-electron chi connectivity index (χ0n) is 26.0. The number of hydrogen-bond donors (Lipinski definition) is 0. The minimum Gasteiger partial charge on any atom is -0.493 e. The molecule has 0 spiro atoms. The van der Waals surface area contributed by atoms with Crippen molar-refractivity contribution in [3.8, 4) is 17.2 Å². The zero-order chi connectivity index (χ0) is 34.0. The molecule has 0 unspecified atom stereocenters. The Balaban J connectivity index is 1.56. The van der Waals surface area contributed by atoms with Crippen molar-refractivity contribution in [2.45, 2.75) is 46.4 Å². The highest BCUT2D eigenvalue weighted by molar-refractivity contribution is 9.10. The lowest BCUT2D eigenvalue weighted by molar-refractivity contribution is -0.139. The molecule has 8 nitrogen and oxygen atoms in total. The molecule has 47 heavy (non-hydrogen) atoms. The zero-order valence-corrected chi connectivity index (χ0v) is 30.7. The van der Waals surface area contributed by atoms with Crippen LogP contribution >= 0.6 is 62.1 Å². The summed E-state index contributed by atoms with van der Waals surface area (Å²) in [5, 5.41) is 1.22. The predicted octanol–water partition coefficient (Wildman–Crippen LogP) is 7.90. The van der Waals surface area contributed by atoms with Crippen molar-refractivity contribution in [2.75, 3.05) is 13.7 Å². The van der Waals surface area contributed by atoms with Crippen LogP contribution in [0.3, 0.4) is 0 Å². The topological polar surface area (TPSA) is 88.4 Å². The van der Waals surface area contributed by atoms with E-state index in [4.69, 9.17) is 53.8 Å². The van der Waals surface area contributed by atoms with E-state index in [0.717, 1.165) is 5.56 Å². The molecule has 0 aliphatic carbocycles. The van der Waals surface area contributed by atoms with Gasteiger partial charge in [-0.25, -0.2) is 9.79 Å². The van der Waals surface area contributed by atoms with Gasteiger partial charge in [0, 0.05) is 0 Å². The lowest BCUT2D eigenvalue weighted by Crippen LogP contribution is -2.40. The van der Waals surface area contributed by atoms with E-state index >= 15 is 0 Å². The van der Waals surface area contributed by atoms with Crippen molar-refractivity contribution >= 4 is 74.1 Å². The standard InChI is InChI=1S/C34H30BrCl3N2O6S/c1-6-44-33(42)29-18(4)39-34-40(30(29)21-8-10-26(46-17(2)3)27(15-21)43-5)32(41)28(47-34)14-20-11-22(35)31(25(38)13-20)45-16-19-7-9-23(36)24(37)12-19/h7-15,17,30H,6,16H2,1-5H3/b28-14-/t30-/m0/s1. The molecule has 1 aliphatic heterocycles. The largest absolute Gasteiger partial charge is 0.493 e. The molecule has 0 bridgehead atoms. The highest BCUT2D eigenvalue weighted by Gasteiger charge is 2.34. The Kier molecular flexibility index (Phi) is 11.1. The summed E-state index contributed by atoms with van der Waals surface area (Å²) >= 11 is 23.6. The van der Waals surface area contributed by atoms with Gasteiger partial charge in [0.05, 0.1) is 61.2 Å². The molecule has 13 heteroatoms. The van der Waals surface area contributed by atoms with Crippen LogP contribution in [0.15, 0.2) is 74.1 Å². The van der Waals surface area contributed by atoms with Gasteiger partial charge in [-0.2, -0.15) is 0 Å². The number of esters is 1. The van der Waals surface area contributed by atoms with Crippen molar-refractivity contribution in [1.29, 1.82) is 0 Å². The quantitative estimate of drug-likeness (QED) is 0.152. The van der Waals surface area contributed by atoms with E-state index in [1.54, 1.807) is 56.3 Å². The molecule has 0 saturated carbocycles. The number of ether oxygens (including phenoxy) is 4. The first-order valence-corrected chi connectivity index (χ1v) is 17.3. The van der Waals surface area contributed by atoms with Gasteiger partial charge in [0.15, 0.2) is 22.0 Å². The number of carbonyl (C=O) groups is 1. The third-order valence-electron chi connectivity index (χ3n) is 7.07. The van der Waals surface area contributed by atoms with Gasteiger partial charge in [0.25, 0.3) is 5.56 Å². The fraction of sp³-hybridized carbons (Fsp3) is 0.265. The van der Waals surface area contributed by atoms with E-state index < -0.39 is 12.0 Å². The monoisotopic (exact) mass is 778 g/mol. The molecule has 1 aromatic heterocycles. The van der Waals surface area contributed by atoms with Crippen LogP contribution in [-0.2, 0) is 16.1 Å². The molecular formula is C34H30BrCl3N2O6S. The van der Waals surface area contributed by atoms with Gasteiger partial charge < -0.3 is 18.9 Å². The lowest BCUT2D eigenvalue weighted by atomic mass is 9.95. The Hall–Kier alpha value is -3.28. The van der Waals surface area contributed by atoms with E-state index in [0.29, 0.717) is 62.9 Å². The average Bonchev–Trinajstić information content (AvgIpc) is 3.31. The van der Waals surface area contributed by atoms with Crippen LogP contribution in [0.1, 0.15) is 50.4 Å². The molecule has 3 aromatic carbocycles. The van der Waals surface area contributed by atoms with Gasteiger partial charge in [0.1, 0.15) is 6.61 Å². The highest BCUT2D eigenvalue weighted by Crippen LogP contribution is 2.38. The maximum atomic E-state index is 14.1. The Morgan fingerprint density at radius 1 is 1.06 bits per heavy atom. The van der Waals surface area contributed by atoms with Crippen LogP contribution in [-0.4, -0.2) is 30.4 Å². The van der Waals surface area contributed by atoms with Crippen LogP contribution in [0, 0.1) is 0 Å². The van der Waals surface area contributed by atoms with Gasteiger partial charge in [-0.15, -0.1) is 0 Å². The first-order valence-electron chi connectivity index (χ1n) is 14.5. The SMILES string of the molecule is CCOC(=O)C1=C(C)N=c2s/c(=C\c3cc(Cl)c(OCc4ccc(Cl)c(Cl)c4)c(Br)c3)c(=O)n2[C@H]1c1ccc(OC(C)C)c(OC)c1. The molecule has 246 valence electrons. The molecule has 1 atom stereocenters. The smallest absolute Gasteiger partial charge is 0.338 e. The summed E-state index contributed by atoms with van der Waals surface area (Å²) in [4.78, 5) is 32.5. The first kappa shape index (κ1) is 35.0. The summed E-state index contributed by atoms with van der Waals surface area (Å²) in [6.45, 7) is 7.68. The van der Waals surface area contributed by atoms with Crippen LogP contribution in [0.4, 0.5) is 0 Å². The number of methoxy groups -OCH3 is 1. The summed E-state index contributed by atoms with van der Waals surface area (Å²) < 4.78 is 25.4. The van der Waals surface area contributed by atoms with Gasteiger partial charge in [-0.3, -0.25) is 9.36 Å². The minimum atomic E-state index is -0.818. The number of aromatic nitrogens is 1. The number of halogens is 4. The number of fused-ring (bicyclic) bond motifs is 1. The van der Waals surface area contributed by atoms with Gasteiger partial charge >= 0.3 is 5.97 Å². The Bertz CT molecular complexity index is 2050. The van der Waals surface area contributed by atoms with Crippen LogP contribution in [0.2, 0.25) is 15.1 Å². The summed E-state index contributed by atoms with van der Waals surface area (Å²) in [6, 6.07) is 13.3. The van der Waals surface area contributed by atoms with Gasteiger partial charge in [-0.05, 0) is 103 Å². The third-order valence-corrected chi connectivity index (χ3v) is 9.66. The van der Waals surface area contributed by atoms with Crippen molar-refractivity contribution in [1.82, 2.24) is 4.57 Å². The number of thiazole rings is 1. The number of benzene rings is 3. The predicted molar refractivity (Wildman–Crippen MR) is 189 cm³/mol. The summed E-state index contributed by atoms with van der Waals surface area (Å²) in [6.07, 6.45) is 1.64. The first-order chi connectivity index (χ1) is 22.4. The minimum absolute atomic E-state index is 0.0820. The molecule has 0 N–H and O–H groups in total. The fourth-order valence-corrected chi connectivity index (χ4v) is 7.41. The summed E-state index contributed by atoms with van der Waals surface area (Å²) in [7, 11) is 1.54. The van der Waals surface area contributed by atoms with E-state index in [1.807, 2.05) is 26.0 Å². The van der Waals surface area contributed by atoms with Crippen molar-refractivity contribution in [2.24, 2.45) is 4.99 Å². The second kappa shape index (κ2) is 14.9. The molecule has 1 aliphatic rings. The summed E-state index contributed by atoms with van der Waals surface area (Å²) in [5.74, 6) is 0.896. The molecule has 4 aromatic rings. The van der Waals surface area contributed by atoms with E-state index in [1.165, 1.54) is 23.0 Å². The molecule has 0 amide bonds. The van der Waals surface area contributed by atoms with E-state index in [9.17, 15) is 9.59 Å². The molecule has 2 heterocycles. The molecular weight excluding hydrogens is 751 g/mol. The van der Waals surface area contributed by atoms with Crippen molar-refractivity contribution in [3.63, 3.8) is 0 Å². The van der Waals surface area contributed by atoms with Crippen LogP contribution in [0.5, 0.6) is 17.2 Å². The van der Waals surface area contributed by atoms with Crippen LogP contribution in [0.25, 0.3) is 6.08 Å². The van der Waals surface area contributed by atoms with Crippen molar-refractivity contribution < 1.29 is 23.7 Å². The van der Waals surface area contributed by atoms with Crippen molar-refractivity contribution in [3.05, 3.63) is 116 Å². The third kappa shape index (κ3) is 7.57.